The van der Waals surface area contributed by atoms with Crippen LogP contribution in [-0.2, 0) is 12.1 Å². The zero-order chi connectivity index (χ0) is 16.1. The first kappa shape index (κ1) is 16.2. The lowest BCUT2D eigenvalue weighted by atomic mass is 9.86. The van der Waals surface area contributed by atoms with E-state index in [9.17, 15) is 0 Å². The van der Waals surface area contributed by atoms with Gasteiger partial charge < -0.3 is 5.32 Å². The molecular formula is C21H28N2. The lowest BCUT2D eigenvalue weighted by Gasteiger charge is -2.48. The number of piperazine rings is 1. The third kappa shape index (κ3) is 3.65. The summed E-state index contributed by atoms with van der Waals surface area (Å²) in [6, 6.07) is 22.4. The van der Waals surface area contributed by atoms with Gasteiger partial charge in [0.15, 0.2) is 0 Å². The Labute approximate surface area is 140 Å². The van der Waals surface area contributed by atoms with Gasteiger partial charge in [0.05, 0.1) is 5.54 Å². The Morgan fingerprint density at radius 3 is 2.35 bits per heavy atom. The zero-order valence-electron chi connectivity index (χ0n) is 14.3. The molecule has 1 heterocycles. The van der Waals surface area contributed by atoms with Gasteiger partial charge in [0.2, 0.25) is 0 Å². The van der Waals surface area contributed by atoms with Crippen LogP contribution in [0.3, 0.4) is 0 Å². The lowest BCUT2D eigenvalue weighted by Crippen LogP contribution is -2.61. The largest absolute Gasteiger partial charge is 0.311 e. The second kappa shape index (κ2) is 7.29. The minimum absolute atomic E-state index is 0.0430. The van der Waals surface area contributed by atoms with Crippen molar-refractivity contribution in [3.8, 4) is 0 Å². The van der Waals surface area contributed by atoms with E-state index in [1.165, 1.54) is 24.0 Å². The molecule has 0 aliphatic carbocycles. The van der Waals surface area contributed by atoms with Crippen molar-refractivity contribution in [2.75, 3.05) is 13.1 Å². The highest BCUT2D eigenvalue weighted by Crippen LogP contribution is 2.32. The van der Waals surface area contributed by atoms with Crippen LogP contribution >= 0.6 is 0 Å². The van der Waals surface area contributed by atoms with Gasteiger partial charge in [-0.05, 0) is 24.5 Å². The van der Waals surface area contributed by atoms with Gasteiger partial charge in [0, 0.05) is 25.7 Å². The second-order valence-corrected chi connectivity index (χ2v) is 6.87. The van der Waals surface area contributed by atoms with Crippen LogP contribution in [0, 0.1) is 0 Å². The van der Waals surface area contributed by atoms with Crippen LogP contribution in [0.1, 0.15) is 37.8 Å². The molecule has 122 valence electrons. The molecule has 0 spiro atoms. The van der Waals surface area contributed by atoms with Gasteiger partial charge in [-0.15, -0.1) is 0 Å². The summed E-state index contributed by atoms with van der Waals surface area (Å²) in [7, 11) is 0. The van der Waals surface area contributed by atoms with E-state index in [1.54, 1.807) is 0 Å². The van der Waals surface area contributed by atoms with Crippen molar-refractivity contribution >= 4 is 0 Å². The highest BCUT2D eigenvalue weighted by atomic mass is 15.3. The Morgan fingerprint density at radius 2 is 1.70 bits per heavy atom. The van der Waals surface area contributed by atoms with E-state index in [-0.39, 0.29) is 5.54 Å². The van der Waals surface area contributed by atoms with Crippen molar-refractivity contribution in [2.24, 2.45) is 0 Å². The summed E-state index contributed by atoms with van der Waals surface area (Å²) in [4.78, 5) is 2.66. The third-order valence-electron chi connectivity index (χ3n) is 5.12. The minimum Gasteiger partial charge on any atom is -0.311 e. The number of hydrogen-bond acceptors (Lipinski definition) is 2. The van der Waals surface area contributed by atoms with Crippen LogP contribution in [0.25, 0.3) is 0 Å². The molecule has 1 saturated heterocycles. The third-order valence-corrected chi connectivity index (χ3v) is 5.12. The summed E-state index contributed by atoms with van der Waals surface area (Å²) in [6.07, 6.45) is 2.48. The first-order valence-corrected chi connectivity index (χ1v) is 8.80. The maximum absolute atomic E-state index is 3.78. The highest BCUT2D eigenvalue weighted by molar-refractivity contribution is 5.26. The summed E-state index contributed by atoms with van der Waals surface area (Å²) in [6.45, 7) is 7.77. The molecule has 0 radical (unpaired) electrons. The average Bonchev–Trinajstić information content (AvgIpc) is 2.60. The topological polar surface area (TPSA) is 15.3 Å². The van der Waals surface area contributed by atoms with E-state index in [1.807, 2.05) is 0 Å². The van der Waals surface area contributed by atoms with E-state index in [0.717, 1.165) is 19.6 Å². The Morgan fingerprint density at radius 1 is 1.04 bits per heavy atom. The van der Waals surface area contributed by atoms with Gasteiger partial charge in [0.25, 0.3) is 0 Å². The molecule has 1 N–H and O–H groups in total. The van der Waals surface area contributed by atoms with Crippen molar-refractivity contribution in [1.82, 2.24) is 10.2 Å². The molecular weight excluding hydrogens is 280 g/mol. The number of nitrogens with zero attached hydrogens (tertiary/aromatic N) is 1. The first-order valence-electron chi connectivity index (χ1n) is 8.80. The van der Waals surface area contributed by atoms with Gasteiger partial charge in [0.1, 0.15) is 0 Å². The van der Waals surface area contributed by atoms with E-state index in [2.05, 4.69) is 84.7 Å². The Hall–Kier alpha value is -1.64. The molecule has 1 aliphatic rings. The number of benzene rings is 2. The van der Waals surface area contributed by atoms with E-state index in [0.29, 0.717) is 6.04 Å². The molecule has 2 heteroatoms. The quantitative estimate of drug-likeness (QED) is 0.891. The summed E-state index contributed by atoms with van der Waals surface area (Å²) in [5.74, 6) is 0. The molecule has 2 aromatic carbocycles. The van der Waals surface area contributed by atoms with Crippen LogP contribution in [0.4, 0.5) is 0 Å². The smallest absolute Gasteiger partial charge is 0.0561 e. The van der Waals surface area contributed by atoms with Crippen molar-refractivity contribution in [2.45, 2.75) is 44.8 Å². The fourth-order valence-electron chi connectivity index (χ4n) is 3.65. The van der Waals surface area contributed by atoms with E-state index >= 15 is 0 Å². The molecule has 1 fully saturated rings. The number of hydrogen-bond donors (Lipinski definition) is 1. The Balaban J connectivity index is 1.87. The maximum Gasteiger partial charge on any atom is 0.0561 e. The van der Waals surface area contributed by atoms with Gasteiger partial charge in [-0.1, -0.05) is 74.0 Å². The predicted molar refractivity (Wildman–Crippen MR) is 97.3 cm³/mol. The second-order valence-electron chi connectivity index (χ2n) is 6.87. The highest BCUT2D eigenvalue weighted by Gasteiger charge is 2.38. The molecule has 2 atom stereocenters. The van der Waals surface area contributed by atoms with Crippen molar-refractivity contribution in [1.29, 1.82) is 0 Å². The fraction of sp³-hybridized carbons (Fsp3) is 0.429. The van der Waals surface area contributed by atoms with Crippen molar-refractivity contribution < 1.29 is 0 Å². The van der Waals surface area contributed by atoms with Crippen molar-refractivity contribution in [3.05, 3.63) is 71.8 Å². The maximum atomic E-state index is 3.78. The van der Waals surface area contributed by atoms with Gasteiger partial charge in [-0.25, -0.2) is 0 Å². The predicted octanol–water partition coefficient (Wildman–Crippen LogP) is 4.18. The van der Waals surface area contributed by atoms with Crippen LogP contribution in [0.2, 0.25) is 0 Å². The summed E-state index contributed by atoms with van der Waals surface area (Å²) in [5.41, 5.74) is 2.84. The summed E-state index contributed by atoms with van der Waals surface area (Å²) >= 11 is 0. The summed E-state index contributed by atoms with van der Waals surface area (Å²) in [5, 5.41) is 3.78. The van der Waals surface area contributed by atoms with Gasteiger partial charge >= 0.3 is 0 Å². The Bertz CT molecular complexity index is 596. The van der Waals surface area contributed by atoms with E-state index in [4.69, 9.17) is 0 Å². The SMILES string of the molecule is CCCC1CN(Cc2ccccc2)C(C)(c2ccccc2)CN1. The summed E-state index contributed by atoms with van der Waals surface area (Å²) < 4.78 is 0. The monoisotopic (exact) mass is 308 g/mol. The molecule has 0 aromatic heterocycles. The number of rotatable bonds is 5. The van der Waals surface area contributed by atoms with Crippen LogP contribution in [0.15, 0.2) is 60.7 Å². The standard InChI is InChI=1S/C21H28N2/c1-3-10-20-16-23(15-18-11-6-4-7-12-18)21(2,17-22-20)19-13-8-5-9-14-19/h4-9,11-14,20,22H,3,10,15-17H2,1-2H3. The first-order chi connectivity index (χ1) is 11.2. The molecule has 2 aromatic rings. The fourth-order valence-corrected chi connectivity index (χ4v) is 3.65. The molecule has 2 unspecified atom stereocenters. The molecule has 2 nitrogen and oxygen atoms in total. The van der Waals surface area contributed by atoms with Crippen LogP contribution in [0.5, 0.6) is 0 Å². The molecule has 1 aliphatic heterocycles. The minimum atomic E-state index is 0.0430. The average molecular weight is 308 g/mol. The lowest BCUT2D eigenvalue weighted by molar-refractivity contribution is 0.0400. The van der Waals surface area contributed by atoms with E-state index < -0.39 is 0 Å². The molecule has 3 rings (SSSR count). The van der Waals surface area contributed by atoms with Crippen LogP contribution in [-0.4, -0.2) is 24.0 Å². The van der Waals surface area contributed by atoms with Crippen molar-refractivity contribution in [3.63, 3.8) is 0 Å². The zero-order valence-corrected chi connectivity index (χ0v) is 14.3. The van der Waals surface area contributed by atoms with Crippen LogP contribution < -0.4 is 5.32 Å². The number of nitrogens with one attached hydrogen (secondary N) is 1. The van der Waals surface area contributed by atoms with Gasteiger partial charge in [-0.3, -0.25) is 4.90 Å². The normalized spacial score (nSPS) is 25.4. The Kier molecular flexibility index (Phi) is 5.14. The molecule has 23 heavy (non-hydrogen) atoms. The molecule has 0 saturated carbocycles. The molecule has 0 amide bonds. The van der Waals surface area contributed by atoms with Gasteiger partial charge in [-0.2, -0.15) is 0 Å². The molecule has 0 bridgehead atoms.